The number of esters is 1. The van der Waals surface area contributed by atoms with Crippen LogP contribution in [0.25, 0.3) is 10.6 Å². The van der Waals surface area contributed by atoms with E-state index >= 15 is 0 Å². The number of ether oxygens (including phenoxy) is 1. The average Bonchev–Trinajstić information content (AvgIpc) is 3.10. The molecule has 0 fully saturated rings. The van der Waals surface area contributed by atoms with Gasteiger partial charge in [0.1, 0.15) is 5.01 Å². The van der Waals surface area contributed by atoms with Crippen LogP contribution >= 0.6 is 34.5 Å². The smallest absolute Gasteiger partial charge is 0.358 e. The van der Waals surface area contributed by atoms with E-state index in [4.69, 9.17) is 27.9 Å². The molecule has 1 N–H and O–H groups in total. The van der Waals surface area contributed by atoms with Gasteiger partial charge in [0, 0.05) is 26.7 Å². The van der Waals surface area contributed by atoms with Gasteiger partial charge in [-0.25, -0.2) is 9.78 Å². The van der Waals surface area contributed by atoms with Crippen molar-refractivity contribution in [1.82, 2.24) is 4.98 Å². The Hall–Kier alpha value is -2.41. The van der Waals surface area contributed by atoms with Crippen molar-refractivity contribution in [2.24, 2.45) is 0 Å². The number of benzene rings is 2. The fourth-order valence-corrected chi connectivity index (χ4v) is 3.17. The third kappa shape index (κ3) is 4.82. The number of carbonyl (C=O) groups excluding carboxylic acids is 2. The monoisotopic (exact) mass is 406 g/mol. The van der Waals surface area contributed by atoms with Crippen LogP contribution in [0.1, 0.15) is 10.5 Å². The standard InChI is InChI=1S/C18H12Cl2N2O3S/c19-12-6-4-11(5-7-12)17-22-15(10-26-17)18(24)25-9-16(23)21-14-3-1-2-13(20)8-14/h1-8,10H,9H2,(H,21,23). The van der Waals surface area contributed by atoms with Gasteiger partial charge in [0.25, 0.3) is 5.91 Å². The van der Waals surface area contributed by atoms with Crippen molar-refractivity contribution in [3.63, 3.8) is 0 Å². The van der Waals surface area contributed by atoms with Gasteiger partial charge in [-0.15, -0.1) is 11.3 Å². The van der Waals surface area contributed by atoms with E-state index in [0.717, 1.165) is 5.56 Å². The normalized spacial score (nSPS) is 10.4. The summed E-state index contributed by atoms with van der Waals surface area (Å²) in [6, 6.07) is 13.8. The van der Waals surface area contributed by atoms with Gasteiger partial charge in [0.2, 0.25) is 0 Å². The molecule has 0 radical (unpaired) electrons. The van der Waals surface area contributed by atoms with E-state index in [1.165, 1.54) is 11.3 Å². The minimum absolute atomic E-state index is 0.149. The Morgan fingerprint density at radius 3 is 2.58 bits per heavy atom. The highest BCUT2D eigenvalue weighted by Crippen LogP contribution is 2.25. The zero-order valence-corrected chi connectivity index (χ0v) is 15.6. The summed E-state index contributed by atoms with van der Waals surface area (Å²) in [7, 11) is 0. The van der Waals surface area contributed by atoms with Crippen LogP contribution in [0.15, 0.2) is 53.9 Å². The van der Waals surface area contributed by atoms with Crippen molar-refractivity contribution in [3.05, 3.63) is 69.7 Å². The first-order chi connectivity index (χ1) is 12.5. The van der Waals surface area contributed by atoms with E-state index in [9.17, 15) is 9.59 Å². The Labute approximate surface area is 163 Å². The molecule has 3 aromatic rings. The number of hydrogen-bond donors (Lipinski definition) is 1. The van der Waals surface area contributed by atoms with Crippen molar-refractivity contribution in [1.29, 1.82) is 0 Å². The number of hydrogen-bond acceptors (Lipinski definition) is 5. The summed E-state index contributed by atoms with van der Waals surface area (Å²) < 4.78 is 5.00. The van der Waals surface area contributed by atoms with Gasteiger partial charge >= 0.3 is 5.97 Å². The lowest BCUT2D eigenvalue weighted by molar-refractivity contribution is -0.119. The number of rotatable bonds is 5. The predicted molar refractivity (Wildman–Crippen MR) is 103 cm³/mol. The van der Waals surface area contributed by atoms with Gasteiger partial charge in [-0.2, -0.15) is 0 Å². The van der Waals surface area contributed by atoms with E-state index < -0.39 is 18.5 Å². The molecule has 0 atom stereocenters. The predicted octanol–water partition coefficient (Wildman–Crippen LogP) is 4.91. The second-order valence-corrected chi connectivity index (χ2v) is 6.91. The van der Waals surface area contributed by atoms with Gasteiger partial charge in [0.05, 0.1) is 0 Å². The number of amides is 1. The zero-order chi connectivity index (χ0) is 18.5. The molecular formula is C18H12Cl2N2O3S. The molecular weight excluding hydrogens is 395 g/mol. The van der Waals surface area contributed by atoms with Gasteiger partial charge in [-0.1, -0.05) is 41.4 Å². The summed E-state index contributed by atoms with van der Waals surface area (Å²) in [5, 5.41) is 5.96. The van der Waals surface area contributed by atoms with Crippen LogP contribution in [0, 0.1) is 0 Å². The number of nitrogens with zero attached hydrogens (tertiary/aromatic N) is 1. The number of anilines is 1. The summed E-state index contributed by atoms with van der Waals surface area (Å²) in [4.78, 5) is 28.1. The molecule has 8 heteroatoms. The molecule has 0 aliphatic heterocycles. The van der Waals surface area contributed by atoms with Crippen molar-refractivity contribution in [2.45, 2.75) is 0 Å². The summed E-state index contributed by atoms with van der Waals surface area (Å²) in [5.41, 5.74) is 1.52. The highest BCUT2D eigenvalue weighted by Gasteiger charge is 2.15. The van der Waals surface area contributed by atoms with Crippen molar-refractivity contribution in [2.75, 3.05) is 11.9 Å². The highest BCUT2D eigenvalue weighted by molar-refractivity contribution is 7.13. The molecule has 0 saturated carbocycles. The first-order valence-corrected chi connectivity index (χ1v) is 9.09. The number of aromatic nitrogens is 1. The number of halogens is 2. The van der Waals surface area contributed by atoms with E-state index in [0.29, 0.717) is 20.7 Å². The van der Waals surface area contributed by atoms with Gasteiger partial charge in [-0.05, 0) is 30.3 Å². The second kappa shape index (κ2) is 8.31. The topological polar surface area (TPSA) is 68.3 Å². The fourth-order valence-electron chi connectivity index (χ4n) is 2.06. The number of nitrogens with one attached hydrogen (secondary N) is 1. The Bertz CT molecular complexity index is 942. The maximum atomic E-state index is 12.1. The quantitative estimate of drug-likeness (QED) is 0.610. The lowest BCUT2D eigenvalue weighted by atomic mass is 10.2. The summed E-state index contributed by atoms with van der Waals surface area (Å²) in [6.45, 7) is -0.418. The van der Waals surface area contributed by atoms with E-state index in [1.54, 1.807) is 41.8 Å². The number of thiazole rings is 1. The maximum absolute atomic E-state index is 12.1. The SMILES string of the molecule is O=C(COC(=O)c1csc(-c2ccc(Cl)cc2)n1)Nc1cccc(Cl)c1. The minimum atomic E-state index is -0.664. The molecule has 2 aromatic carbocycles. The average molecular weight is 407 g/mol. The summed E-state index contributed by atoms with van der Waals surface area (Å²) in [5.74, 6) is -1.13. The number of carbonyl (C=O) groups is 2. The zero-order valence-electron chi connectivity index (χ0n) is 13.2. The minimum Gasteiger partial charge on any atom is -0.451 e. The molecule has 1 amide bonds. The van der Waals surface area contributed by atoms with E-state index in [-0.39, 0.29) is 5.69 Å². The Kier molecular flexibility index (Phi) is 5.88. The Morgan fingerprint density at radius 1 is 1.08 bits per heavy atom. The molecule has 0 aliphatic rings. The molecule has 0 bridgehead atoms. The lowest BCUT2D eigenvalue weighted by Gasteiger charge is -2.06. The maximum Gasteiger partial charge on any atom is 0.358 e. The van der Waals surface area contributed by atoms with Crippen molar-refractivity contribution in [3.8, 4) is 10.6 Å². The van der Waals surface area contributed by atoms with Gasteiger partial charge in [0.15, 0.2) is 12.3 Å². The molecule has 0 aliphatic carbocycles. The lowest BCUT2D eigenvalue weighted by Crippen LogP contribution is -2.21. The van der Waals surface area contributed by atoms with Crippen molar-refractivity contribution >= 4 is 52.1 Å². The van der Waals surface area contributed by atoms with Crippen LogP contribution < -0.4 is 5.32 Å². The molecule has 1 heterocycles. The Balaban J connectivity index is 1.56. The van der Waals surface area contributed by atoms with Crippen LogP contribution in [0.3, 0.4) is 0 Å². The first kappa shape index (κ1) is 18.4. The van der Waals surface area contributed by atoms with Crippen LogP contribution in [0.2, 0.25) is 10.0 Å². The summed E-state index contributed by atoms with van der Waals surface area (Å²) in [6.07, 6.45) is 0. The molecule has 0 unspecified atom stereocenters. The third-order valence-electron chi connectivity index (χ3n) is 3.25. The largest absolute Gasteiger partial charge is 0.451 e. The van der Waals surface area contributed by atoms with Crippen LogP contribution in [-0.4, -0.2) is 23.5 Å². The third-order valence-corrected chi connectivity index (χ3v) is 4.63. The van der Waals surface area contributed by atoms with Gasteiger partial charge in [-0.3, -0.25) is 4.79 Å². The molecule has 26 heavy (non-hydrogen) atoms. The van der Waals surface area contributed by atoms with Crippen molar-refractivity contribution < 1.29 is 14.3 Å². The summed E-state index contributed by atoms with van der Waals surface area (Å²) >= 11 is 13.0. The van der Waals surface area contributed by atoms with Crippen LogP contribution in [-0.2, 0) is 9.53 Å². The molecule has 1 aromatic heterocycles. The molecule has 5 nitrogen and oxygen atoms in total. The van der Waals surface area contributed by atoms with Crippen LogP contribution in [0.4, 0.5) is 5.69 Å². The highest BCUT2D eigenvalue weighted by atomic mass is 35.5. The van der Waals surface area contributed by atoms with E-state index in [1.807, 2.05) is 12.1 Å². The first-order valence-electron chi connectivity index (χ1n) is 7.45. The molecule has 0 saturated heterocycles. The molecule has 0 spiro atoms. The molecule has 132 valence electrons. The Morgan fingerprint density at radius 2 is 1.85 bits per heavy atom. The van der Waals surface area contributed by atoms with Crippen LogP contribution in [0.5, 0.6) is 0 Å². The van der Waals surface area contributed by atoms with E-state index in [2.05, 4.69) is 10.3 Å². The fraction of sp³-hybridized carbons (Fsp3) is 0.0556. The molecule has 3 rings (SSSR count). The van der Waals surface area contributed by atoms with Gasteiger partial charge < -0.3 is 10.1 Å². The second-order valence-electron chi connectivity index (χ2n) is 5.18.